The minimum Gasteiger partial charge on any atom is -0.312 e. The first-order chi connectivity index (χ1) is 14.9. The molecule has 0 atom stereocenters. The van der Waals surface area contributed by atoms with E-state index in [1.165, 1.54) is 0 Å². The summed E-state index contributed by atoms with van der Waals surface area (Å²) >= 11 is 0. The van der Waals surface area contributed by atoms with Crippen molar-refractivity contribution in [3.8, 4) is 0 Å². The van der Waals surface area contributed by atoms with Crippen LogP contribution in [0.5, 0.6) is 0 Å². The van der Waals surface area contributed by atoms with E-state index in [0.717, 1.165) is 57.1 Å². The Morgan fingerprint density at radius 1 is 0.719 bits per heavy atom. The van der Waals surface area contributed by atoms with E-state index in [2.05, 4.69) is 52.2 Å². The van der Waals surface area contributed by atoms with Gasteiger partial charge in [-0.3, -0.25) is 9.05 Å². The number of hydrazine groups is 1. The first kappa shape index (κ1) is 25.7. The lowest BCUT2D eigenvalue weighted by Gasteiger charge is -2.39. The van der Waals surface area contributed by atoms with Crippen molar-refractivity contribution >= 4 is 13.4 Å². The summed E-state index contributed by atoms with van der Waals surface area (Å²) in [7, 11) is -3.50. The Morgan fingerprint density at radius 2 is 1.12 bits per heavy atom. The predicted molar refractivity (Wildman–Crippen MR) is 133 cm³/mol. The lowest BCUT2D eigenvalue weighted by molar-refractivity contribution is 0.0389. The van der Waals surface area contributed by atoms with E-state index in [1.54, 1.807) is 0 Å². The van der Waals surface area contributed by atoms with E-state index in [1.807, 2.05) is 30.3 Å². The lowest BCUT2D eigenvalue weighted by atomic mass is 9.72. The summed E-state index contributed by atoms with van der Waals surface area (Å²) in [5.74, 6) is 1.37. The van der Waals surface area contributed by atoms with Crippen LogP contribution in [0.2, 0.25) is 0 Å². The zero-order valence-electron chi connectivity index (χ0n) is 21.0. The molecule has 0 spiro atoms. The fraction of sp³-hybridized carbons (Fsp3) is 0.769. The Morgan fingerprint density at radius 3 is 1.50 bits per heavy atom. The monoisotopic (exact) mass is 464 g/mol. The molecule has 0 aliphatic heterocycles. The predicted octanol–water partition coefficient (Wildman–Crippen LogP) is 7.95. The molecule has 1 aromatic carbocycles. The maximum Gasteiger partial charge on any atom is 0.423 e. The standard InChI is InChI=1S/C26H45N2O3P/c1-25(2,3)20-12-16-23(17-13-20)30-32(29,28-27-22-10-8-7-9-11-22)31-24-18-14-21(15-19-24)26(4,5)6/h7-11,20-21,23-24,27H,12-19H2,1-6H3,(H,28,29). The van der Waals surface area contributed by atoms with Gasteiger partial charge in [0, 0.05) is 5.69 Å². The molecule has 2 aliphatic carbocycles. The van der Waals surface area contributed by atoms with Crippen LogP contribution in [-0.4, -0.2) is 12.2 Å². The number of rotatable bonds is 7. The summed E-state index contributed by atoms with van der Waals surface area (Å²) in [6.07, 6.45) is 8.09. The van der Waals surface area contributed by atoms with Crippen molar-refractivity contribution in [1.29, 1.82) is 0 Å². The van der Waals surface area contributed by atoms with Crippen LogP contribution in [-0.2, 0) is 13.6 Å². The SMILES string of the molecule is CC(C)(C)C1CCC(OP(=O)(NNc2ccccc2)OC2CCC(C(C)(C)C)CC2)CC1. The molecule has 0 unspecified atom stereocenters. The van der Waals surface area contributed by atoms with E-state index in [4.69, 9.17) is 9.05 Å². The van der Waals surface area contributed by atoms with Gasteiger partial charge in [-0.05, 0) is 86.2 Å². The van der Waals surface area contributed by atoms with Crippen molar-refractivity contribution in [3.63, 3.8) is 0 Å². The van der Waals surface area contributed by atoms with Crippen molar-refractivity contribution in [2.45, 2.75) is 105 Å². The molecule has 0 radical (unpaired) electrons. The Kier molecular flexibility index (Phi) is 8.52. The van der Waals surface area contributed by atoms with Crippen molar-refractivity contribution in [1.82, 2.24) is 5.20 Å². The van der Waals surface area contributed by atoms with Crippen LogP contribution in [0.25, 0.3) is 0 Å². The molecule has 0 bridgehead atoms. The molecule has 0 aromatic heterocycles. The quantitative estimate of drug-likeness (QED) is 0.317. The van der Waals surface area contributed by atoms with Gasteiger partial charge in [0.15, 0.2) is 0 Å². The molecule has 0 saturated heterocycles. The lowest BCUT2D eigenvalue weighted by Crippen LogP contribution is -2.33. The van der Waals surface area contributed by atoms with Gasteiger partial charge in [-0.15, -0.1) is 5.20 Å². The van der Waals surface area contributed by atoms with Crippen LogP contribution in [0.4, 0.5) is 5.69 Å². The second kappa shape index (κ2) is 10.6. The second-order valence-corrected chi connectivity index (χ2v) is 13.6. The smallest absolute Gasteiger partial charge is 0.312 e. The molecule has 2 aliphatic rings. The van der Waals surface area contributed by atoms with Crippen molar-refractivity contribution in [3.05, 3.63) is 30.3 Å². The zero-order valence-corrected chi connectivity index (χ0v) is 21.9. The second-order valence-electron chi connectivity index (χ2n) is 12.0. The topological polar surface area (TPSA) is 59.6 Å². The molecule has 2 saturated carbocycles. The van der Waals surface area contributed by atoms with Crippen LogP contribution in [0.15, 0.2) is 30.3 Å². The minimum absolute atomic E-state index is 0.0320. The van der Waals surface area contributed by atoms with Gasteiger partial charge in [0.1, 0.15) is 0 Å². The van der Waals surface area contributed by atoms with E-state index in [-0.39, 0.29) is 12.2 Å². The largest absolute Gasteiger partial charge is 0.423 e. The zero-order chi connectivity index (χ0) is 23.4. The van der Waals surface area contributed by atoms with Crippen LogP contribution in [0, 0.1) is 22.7 Å². The van der Waals surface area contributed by atoms with Gasteiger partial charge in [0.05, 0.1) is 12.2 Å². The first-order valence-corrected chi connectivity index (χ1v) is 14.0. The Bertz CT molecular complexity index is 701. The maximum absolute atomic E-state index is 13.9. The highest BCUT2D eigenvalue weighted by Gasteiger charge is 2.38. The van der Waals surface area contributed by atoms with Gasteiger partial charge in [0.25, 0.3) is 0 Å². The minimum atomic E-state index is -3.50. The molecule has 3 rings (SSSR count). The Hall–Kier alpha value is -0.870. The van der Waals surface area contributed by atoms with Crippen LogP contribution < -0.4 is 10.6 Å². The molecule has 6 heteroatoms. The summed E-state index contributed by atoms with van der Waals surface area (Å²) < 4.78 is 26.3. The van der Waals surface area contributed by atoms with Gasteiger partial charge < -0.3 is 5.43 Å². The summed E-state index contributed by atoms with van der Waals surface area (Å²) in [6, 6.07) is 9.70. The summed E-state index contributed by atoms with van der Waals surface area (Å²) in [4.78, 5) is 0. The van der Waals surface area contributed by atoms with E-state index < -0.39 is 7.75 Å². The first-order valence-electron chi connectivity index (χ1n) is 12.5. The summed E-state index contributed by atoms with van der Waals surface area (Å²) in [5.41, 5.74) is 4.53. The summed E-state index contributed by atoms with van der Waals surface area (Å²) in [5, 5.41) is 2.95. The number of para-hydroxylation sites is 1. The molecule has 2 fully saturated rings. The Balaban J connectivity index is 1.62. The van der Waals surface area contributed by atoms with E-state index >= 15 is 0 Å². The Labute approximate surface area is 196 Å². The fourth-order valence-electron chi connectivity index (χ4n) is 5.19. The number of anilines is 1. The van der Waals surface area contributed by atoms with Crippen LogP contribution in [0.3, 0.4) is 0 Å². The average molecular weight is 465 g/mol. The molecular weight excluding hydrogens is 419 g/mol. The number of benzene rings is 1. The molecular formula is C26H45N2O3P. The fourth-order valence-corrected chi connectivity index (χ4v) is 6.82. The highest BCUT2D eigenvalue weighted by molar-refractivity contribution is 7.51. The van der Waals surface area contributed by atoms with E-state index in [9.17, 15) is 4.57 Å². The van der Waals surface area contributed by atoms with Gasteiger partial charge in [-0.25, -0.2) is 4.57 Å². The molecule has 0 heterocycles. The van der Waals surface area contributed by atoms with Gasteiger partial charge in [-0.1, -0.05) is 59.7 Å². The highest BCUT2D eigenvalue weighted by Crippen LogP contribution is 2.52. The maximum atomic E-state index is 13.9. The number of hydrogen-bond donors (Lipinski definition) is 2. The summed E-state index contributed by atoms with van der Waals surface area (Å²) in [6.45, 7) is 13.9. The molecule has 182 valence electrons. The van der Waals surface area contributed by atoms with Crippen molar-refractivity contribution in [2.24, 2.45) is 22.7 Å². The highest BCUT2D eigenvalue weighted by atomic mass is 31.2. The molecule has 0 amide bonds. The normalized spacial score (nSPS) is 29.3. The number of hydrogen-bond acceptors (Lipinski definition) is 4. The van der Waals surface area contributed by atoms with Gasteiger partial charge >= 0.3 is 7.75 Å². The van der Waals surface area contributed by atoms with Crippen molar-refractivity contribution < 1.29 is 13.6 Å². The molecule has 1 aromatic rings. The van der Waals surface area contributed by atoms with Crippen LogP contribution >= 0.6 is 7.75 Å². The van der Waals surface area contributed by atoms with E-state index in [0.29, 0.717) is 22.7 Å². The molecule has 32 heavy (non-hydrogen) atoms. The van der Waals surface area contributed by atoms with Crippen LogP contribution in [0.1, 0.15) is 92.9 Å². The molecule has 2 N–H and O–H groups in total. The van der Waals surface area contributed by atoms with Gasteiger partial charge in [0.2, 0.25) is 0 Å². The third kappa shape index (κ3) is 7.58. The number of nitrogens with one attached hydrogen (secondary N) is 2. The average Bonchev–Trinajstić information content (AvgIpc) is 2.72. The third-order valence-corrected chi connectivity index (χ3v) is 9.02. The third-order valence-electron chi connectivity index (χ3n) is 7.48. The molecule has 5 nitrogen and oxygen atoms in total. The van der Waals surface area contributed by atoms with Gasteiger partial charge in [-0.2, -0.15) is 0 Å². The van der Waals surface area contributed by atoms with Crippen molar-refractivity contribution in [2.75, 3.05) is 5.43 Å².